The van der Waals surface area contributed by atoms with E-state index >= 15 is 0 Å². The van der Waals surface area contributed by atoms with Crippen LogP contribution in [0.2, 0.25) is 0 Å². The first-order valence-corrected chi connectivity index (χ1v) is 7.86. The minimum absolute atomic E-state index is 0.225. The highest BCUT2D eigenvalue weighted by Gasteiger charge is 2.22. The minimum Gasteiger partial charge on any atom is -0.409 e. The number of oxime groups is 1. The molecule has 0 aliphatic heterocycles. The Balaban J connectivity index is 2.04. The first-order valence-electron chi connectivity index (χ1n) is 7.86. The molecule has 4 N–H and O–H groups in total. The quantitative estimate of drug-likeness (QED) is 0.199. The van der Waals surface area contributed by atoms with Crippen LogP contribution in [0.1, 0.15) is 52.4 Å². The zero-order valence-corrected chi connectivity index (χ0v) is 13.4. The molecule has 0 spiro atoms. The summed E-state index contributed by atoms with van der Waals surface area (Å²) in [5, 5.41) is 15.3. The molecule has 0 saturated heterocycles. The lowest BCUT2D eigenvalue weighted by molar-refractivity contribution is 0.245. The van der Waals surface area contributed by atoms with Crippen molar-refractivity contribution >= 4 is 5.84 Å². The Labute approximate surface area is 123 Å². The van der Waals surface area contributed by atoms with Gasteiger partial charge in [-0.2, -0.15) is 0 Å². The Kier molecular flexibility index (Phi) is 7.30. The maximum absolute atomic E-state index is 8.72. The van der Waals surface area contributed by atoms with Gasteiger partial charge in [0.1, 0.15) is 5.84 Å². The number of hydrogen-bond acceptors (Lipinski definition) is 4. The van der Waals surface area contributed by atoms with Crippen molar-refractivity contribution < 1.29 is 5.21 Å². The first kappa shape index (κ1) is 17.2. The van der Waals surface area contributed by atoms with E-state index in [2.05, 4.69) is 22.4 Å². The van der Waals surface area contributed by atoms with Gasteiger partial charge < -0.3 is 21.2 Å². The number of nitrogens with zero attached hydrogens (tertiary/aromatic N) is 2. The highest BCUT2D eigenvalue weighted by atomic mass is 16.4. The molecule has 0 aromatic carbocycles. The van der Waals surface area contributed by atoms with E-state index in [-0.39, 0.29) is 5.41 Å². The van der Waals surface area contributed by atoms with Crippen LogP contribution in [0.25, 0.3) is 0 Å². The van der Waals surface area contributed by atoms with Crippen LogP contribution in [0.4, 0.5) is 0 Å². The number of nitrogens with one attached hydrogen (secondary N) is 1. The number of rotatable bonds is 9. The fourth-order valence-electron chi connectivity index (χ4n) is 2.83. The monoisotopic (exact) mass is 284 g/mol. The molecule has 1 saturated carbocycles. The third-order valence-electron chi connectivity index (χ3n) is 4.55. The molecule has 1 aliphatic carbocycles. The average Bonchev–Trinajstić information content (AvgIpc) is 2.95. The van der Waals surface area contributed by atoms with Crippen LogP contribution in [-0.4, -0.2) is 48.7 Å². The molecule has 0 unspecified atom stereocenters. The van der Waals surface area contributed by atoms with Gasteiger partial charge in [0.15, 0.2) is 0 Å². The summed E-state index contributed by atoms with van der Waals surface area (Å²) < 4.78 is 0. The van der Waals surface area contributed by atoms with Gasteiger partial charge in [0, 0.05) is 24.5 Å². The van der Waals surface area contributed by atoms with Gasteiger partial charge in [-0.25, -0.2) is 0 Å². The zero-order chi connectivity index (χ0) is 15.0. The predicted octanol–water partition coefficient (Wildman–Crippen LogP) is 2.00. The van der Waals surface area contributed by atoms with Crippen molar-refractivity contribution in [1.82, 2.24) is 10.2 Å². The Bertz CT molecular complexity index is 298. The lowest BCUT2D eigenvalue weighted by Gasteiger charge is -2.24. The van der Waals surface area contributed by atoms with Crippen LogP contribution < -0.4 is 11.1 Å². The Morgan fingerprint density at radius 2 is 2.00 bits per heavy atom. The summed E-state index contributed by atoms with van der Waals surface area (Å²) in [6, 6.07) is 0.802. The van der Waals surface area contributed by atoms with Gasteiger partial charge in [-0.15, -0.1) is 0 Å². The lowest BCUT2D eigenvalue weighted by atomic mass is 9.86. The summed E-state index contributed by atoms with van der Waals surface area (Å²) in [7, 11) is 2.24. The van der Waals surface area contributed by atoms with E-state index in [1.165, 1.54) is 25.7 Å². The first-order chi connectivity index (χ1) is 9.47. The van der Waals surface area contributed by atoms with Gasteiger partial charge >= 0.3 is 0 Å². The maximum Gasteiger partial charge on any atom is 0.144 e. The summed E-state index contributed by atoms with van der Waals surface area (Å²) >= 11 is 0. The van der Waals surface area contributed by atoms with Gasteiger partial charge in [0.25, 0.3) is 0 Å². The molecule has 1 rings (SSSR count). The smallest absolute Gasteiger partial charge is 0.144 e. The highest BCUT2D eigenvalue weighted by molar-refractivity contribution is 5.85. The third-order valence-corrected chi connectivity index (χ3v) is 4.55. The van der Waals surface area contributed by atoms with Crippen LogP contribution in [-0.2, 0) is 0 Å². The average molecular weight is 284 g/mol. The van der Waals surface area contributed by atoms with E-state index < -0.39 is 0 Å². The number of amidine groups is 1. The molecule has 0 amide bonds. The number of hydrogen-bond donors (Lipinski definition) is 3. The second-order valence-corrected chi connectivity index (χ2v) is 6.64. The van der Waals surface area contributed by atoms with Gasteiger partial charge in [0.05, 0.1) is 0 Å². The van der Waals surface area contributed by atoms with Crippen LogP contribution in [0.3, 0.4) is 0 Å². The van der Waals surface area contributed by atoms with Gasteiger partial charge in [0.2, 0.25) is 0 Å². The molecule has 118 valence electrons. The van der Waals surface area contributed by atoms with Crippen LogP contribution >= 0.6 is 0 Å². The van der Waals surface area contributed by atoms with E-state index in [1.807, 2.05) is 13.8 Å². The van der Waals surface area contributed by atoms with E-state index in [1.54, 1.807) is 0 Å². The molecule has 0 aromatic heterocycles. The van der Waals surface area contributed by atoms with Crippen molar-refractivity contribution in [3.05, 3.63) is 0 Å². The summed E-state index contributed by atoms with van der Waals surface area (Å²) in [4.78, 5) is 2.49. The summed E-state index contributed by atoms with van der Waals surface area (Å²) in [5.74, 6) is 0.318. The SMILES string of the molecule is CN(CCNCCCC(C)(C)C(N)=NO)C1CCCC1. The maximum atomic E-state index is 8.72. The topological polar surface area (TPSA) is 73.9 Å². The van der Waals surface area contributed by atoms with Crippen LogP contribution in [0.15, 0.2) is 5.16 Å². The normalized spacial score (nSPS) is 18.1. The van der Waals surface area contributed by atoms with Crippen molar-refractivity contribution in [2.24, 2.45) is 16.3 Å². The number of likely N-dealkylation sites (N-methyl/N-ethyl adjacent to an activating group) is 1. The lowest BCUT2D eigenvalue weighted by Crippen LogP contribution is -2.36. The van der Waals surface area contributed by atoms with Gasteiger partial charge in [-0.3, -0.25) is 0 Å². The summed E-state index contributed by atoms with van der Waals surface area (Å²) in [6.07, 6.45) is 7.48. The molecule has 1 aliphatic rings. The molecule has 0 atom stereocenters. The molecule has 0 heterocycles. The van der Waals surface area contributed by atoms with Crippen molar-refractivity contribution in [2.45, 2.75) is 58.4 Å². The minimum atomic E-state index is -0.225. The fourth-order valence-corrected chi connectivity index (χ4v) is 2.83. The molecule has 5 heteroatoms. The van der Waals surface area contributed by atoms with Crippen molar-refractivity contribution in [1.29, 1.82) is 0 Å². The zero-order valence-electron chi connectivity index (χ0n) is 13.4. The molecule has 5 nitrogen and oxygen atoms in total. The highest BCUT2D eigenvalue weighted by Crippen LogP contribution is 2.22. The summed E-state index contributed by atoms with van der Waals surface area (Å²) in [6.45, 7) is 7.16. The van der Waals surface area contributed by atoms with Crippen LogP contribution in [0.5, 0.6) is 0 Å². The molecular weight excluding hydrogens is 252 g/mol. The molecule has 20 heavy (non-hydrogen) atoms. The molecule has 0 bridgehead atoms. The Morgan fingerprint density at radius 1 is 1.35 bits per heavy atom. The fraction of sp³-hybridized carbons (Fsp3) is 0.933. The van der Waals surface area contributed by atoms with E-state index in [0.717, 1.165) is 38.5 Å². The van der Waals surface area contributed by atoms with Gasteiger partial charge in [-0.1, -0.05) is 31.8 Å². The second-order valence-electron chi connectivity index (χ2n) is 6.64. The Hall–Kier alpha value is -0.810. The van der Waals surface area contributed by atoms with E-state index in [9.17, 15) is 0 Å². The second kappa shape index (κ2) is 8.47. The van der Waals surface area contributed by atoms with Gasteiger partial charge in [-0.05, 0) is 39.3 Å². The van der Waals surface area contributed by atoms with Crippen molar-refractivity contribution in [3.8, 4) is 0 Å². The third kappa shape index (κ3) is 5.67. The Morgan fingerprint density at radius 3 is 2.60 bits per heavy atom. The van der Waals surface area contributed by atoms with Crippen molar-refractivity contribution in [3.63, 3.8) is 0 Å². The molecule has 1 fully saturated rings. The predicted molar refractivity (Wildman–Crippen MR) is 84.2 cm³/mol. The standard InChI is InChI=1S/C15H32N4O/c1-15(2,14(16)18-20)9-6-10-17-11-12-19(3)13-7-4-5-8-13/h13,17,20H,4-12H2,1-3H3,(H2,16,18). The van der Waals surface area contributed by atoms with E-state index in [4.69, 9.17) is 10.9 Å². The van der Waals surface area contributed by atoms with E-state index in [0.29, 0.717) is 5.84 Å². The number of nitrogens with two attached hydrogens (primary N) is 1. The molecule has 0 aromatic rings. The van der Waals surface area contributed by atoms with Crippen molar-refractivity contribution in [2.75, 3.05) is 26.7 Å². The van der Waals surface area contributed by atoms with Crippen LogP contribution in [0, 0.1) is 5.41 Å². The summed E-state index contributed by atoms with van der Waals surface area (Å²) in [5.41, 5.74) is 5.45. The largest absolute Gasteiger partial charge is 0.409 e. The molecule has 0 radical (unpaired) electrons. The molecular formula is C15H32N4O.